The maximum absolute atomic E-state index is 2.62. The number of fused-ring (bicyclic) bond motifs is 3. The first-order chi connectivity index (χ1) is 26.9. The summed E-state index contributed by atoms with van der Waals surface area (Å²) in [7, 11) is 0. The number of benzene rings is 8. The Morgan fingerprint density at radius 1 is 0.345 bits per heavy atom. The highest BCUT2D eigenvalue weighted by Crippen LogP contribution is 2.47. The lowest BCUT2D eigenvalue weighted by molar-refractivity contribution is 0.402. The second-order valence-corrected chi connectivity index (χ2v) is 15.4. The fourth-order valence-corrected chi connectivity index (χ4v) is 8.73. The maximum atomic E-state index is 2.62. The van der Waals surface area contributed by atoms with Crippen LogP contribution in [0.3, 0.4) is 0 Å². The number of rotatable bonds is 12. The van der Waals surface area contributed by atoms with Gasteiger partial charge in [-0.2, -0.15) is 0 Å². The van der Waals surface area contributed by atoms with E-state index in [-0.39, 0.29) is 11.0 Å². The quantitative estimate of drug-likeness (QED) is 0.124. The van der Waals surface area contributed by atoms with E-state index < -0.39 is 0 Å². The molecular weight excluding hydrogens is 665 g/mol. The van der Waals surface area contributed by atoms with Gasteiger partial charge in [0, 0.05) is 28.4 Å². The highest BCUT2D eigenvalue weighted by molar-refractivity contribution is 5.93. The molecule has 0 saturated heterocycles. The van der Waals surface area contributed by atoms with Gasteiger partial charge < -0.3 is 9.80 Å². The Labute approximate surface area is 327 Å². The number of anilines is 5. The maximum Gasteiger partial charge on any atom is 0.0697 e. The lowest BCUT2D eigenvalue weighted by Gasteiger charge is -2.46. The van der Waals surface area contributed by atoms with Crippen molar-refractivity contribution in [2.24, 2.45) is 0 Å². The van der Waals surface area contributed by atoms with Gasteiger partial charge in [0.1, 0.15) is 0 Å². The topological polar surface area (TPSA) is 6.48 Å². The van der Waals surface area contributed by atoms with Crippen molar-refractivity contribution in [1.82, 2.24) is 0 Å². The van der Waals surface area contributed by atoms with Crippen LogP contribution in [-0.2, 0) is 11.0 Å². The molecule has 0 atom stereocenters. The molecule has 0 saturated carbocycles. The average molecular weight is 717 g/mol. The van der Waals surface area contributed by atoms with Crippen LogP contribution < -0.4 is 9.80 Å². The van der Waals surface area contributed by atoms with E-state index in [2.05, 4.69) is 220 Å². The van der Waals surface area contributed by atoms with Gasteiger partial charge >= 0.3 is 0 Å². The van der Waals surface area contributed by atoms with Crippen molar-refractivity contribution in [3.8, 4) is 0 Å². The Bertz CT molecular complexity index is 2480. The van der Waals surface area contributed by atoms with E-state index in [1.165, 1.54) is 54.8 Å². The van der Waals surface area contributed by atoms with Gasteiger partial charge in [0.2, 0.25) is 0 Å². The minimum atomic E-state index is -0.270. The molecule has 0 N–H and O–H groups in total. The minimum absolute atomic E-state index is 0.176. The summed E-state index contributed by atoms with van der Waals surface area (Å²) in [5.74, 6) is 0. The van der Waals surface area contributed by atoms with Crippen molar-refractivity contribution in [1.29, 1.82) is 0 Å². The lowest BCUT2D eigenvalue weighted by atomic mass is 9.76. The zero-order chi connectivity index (χ0) is 38.0. The molecule has 0 aliphatic heterocycles. The third kappa shape index (κ3) is 6.65. The molecule has 0 bridgehead atoms. The summed E-state index contributed by atoms with van der Waals surface area (Å²) in [6.07, 6.45) is 4.16. The monoisotopic (exact) mass is 716 g/mol. The van der Waals surface area contributed by atoms with Crippen LogP contribution in [0.2, 0.25) is 0 Å². The largest absolute Gasteiger partial charge is 0.331 e. The van der Waals surface area contributed by atoms with Gasteiger partial charge in [-0.1, -0.05) is 150 Å². The molecule has 0 aliphatic rings. The van der Waals surface area contributed by atoms with Gasteiger partial charge in [-0.25, -0.2) is 0 Å². The van der Waals surface area contributed by atoms with Crippen molar-refractivity contribution in [3.63, 3.8) is 0 Å². The van der Waals surface area contributed by atoms with E-state index in [1.807, 2.05) is 0 Å². The predicted octanol–water partition coefficient (Wildman–Crippen LogP) is 15.5. The Morgan fingerprint density at radius 3 is 1.15 bits per heavy atom. The molecule has 0 aliphatic carbocycles. The zero-order valence-corrected chi connectivity index (χ0v) is 33.0. The van der Waals surface area contributed by atoms with Gasteiger partial charge in [0.05, 0.1) is 5.54 Å². The van der Waals surface area contributed by atoms with Crippen LogP contribution in [0.15, 0.2) is 176 Å². The van der Waals surface area contributed by atoms with Crippen molar-refractivity contribution >= 4 is 60.8 Å². The lowest BCUT2D eigenvalue weighted by Crippen LogP contribution is -2.43. The molecule has 8 aromatic carbocycles. The second kappa shape index (κ2) is 15.1. The summed E-state index contributed by atoms with van der Waals surface area (Å²) < 4.78 is 0. The molecule has 0 amide bonds. The zero-order valence-electron chi connectivity index (χ0n) is 33.0. The average Bonchev–Trinajstić information content (AvgIpc) is 3.25. The van der Waals surface area contributed by atoms with Crippen LogP contribution >= 0.6 is 0 Å². The summed E-state index contributed by atoms with van der Waals surface area (Å²) >= 11 is 0. The molecule has 0 heterocycles. The highest BCUT2D eigenvalue weighted by atomic mass is 15.2. The Kier molecular flexibility index (Phi) is 9.93. The first-order valence-corrected chi connectivity index (χ1v) is 20.2. The molecule has 8 rings (SSSR count). The first kappa shape index (κ1) is 36.1. The number of nitrogens with zero attached hydrogens (tertiary/aromatic N) is 2. The summed E-state index contributed by atoms with van der Waals surface area (Å²) in [6.45, 7) is 11.7. The van der Waals surface area contributed by atoms with Crippen LogP contribution in [0, 0.1) is 0 Å². The van der Waals surface area contributed by atoms with Crippen LogP contribution in [0.5, 0.6) is 0 Å². The van der Waals surface area contributed by atoms with Gasteiger partial charge in [0.25, 0.3) is 0 Å². The standard InChI is InChI=1S/C53H52N2/c1-6-52(5,7-2)45-25-27-46(28-26-45)53(8-3,9-4)55(51-31-24-41-18-12-15-21-44(41)38-51)48-34-32-47(33-35-48)54(49-29-22-39-16-10-13-19-42(39)36-49)50-30-23-40-17-11-14-20-43(40)37-50/h10-38H,6-9H2,1-5H3. The highest BCUT2D eigenvalue weighted by Gasteiger charge is 2.37. The summed E-state index contributed by atoms with van der Waals surface area (Å²) in [6, 6.07) is 65.4. The summed E-state index contributed by atoms with van der Waals surface area (Å²) in [4.78, 5) is 5.01. The van der Waals surface area contributed by atoms with Gasteiger partial charge in [-0.15, -0.1) is 0 Å². The van der Waals surface area contributed by atoms with E-state index in [0.717, 1.165) is 42.7 Å². The van der Waals surface area contributed by atoms with E-state index in [0.29, 0.717) is 0 Å². The van der Waals surface area contributed by atoms with Crippen LogP contribution in [0.1, 0.15) is 71.4 Å². The molecule has 0 fully saturated rings. The number of hydrogen-bond donors (Lipinski definition) is 0. The molecule has 2 heteroatoms. The van der Waals surface area contributed by atoms with E-state index in [1.54, 1.807) is 0 Å². The first-order valence-electron chi connectivity index (χ1n) is 20.2. The molecule has 2 nitrogen and oxygen atoms in total. The van der Waals surface area contributed by atoms with Crippen LogP contribution in [-0.4, -0.2) is 0 Å². The minimum Gasteiger partial charge on any atom is -0.331 e. The van der Waals surface area contributed by atoms with Gasteiger partial charge in [-0.05, 0) is 135 Å². The Balaban J connectivity index is 1.28. The fraction of sp³-hybridized carbons (Fsp3) is 0.208. The van der Waals surface area contributed by atoms with E-state index in [9.17, 15) is 0 Å². The molecule has 0 unspecified atom stereocenters. The Hall–Kier alpha value is -5.86. The van der Waals surface area contributed by atoms with E-state index >= 15 is 0 Å². The molecule has 0 radical (unpaired) electrons. The van der Waals surface area contributed by atoms with Crippen molar-refractivity contribution in [2.45, 2.75) is 71.3 Å². The van der Waals surface area contributed by atoms with Crippen molar-refractivity contribution < 1.29 is 0 Å². The predicted molar refractivity (Wildman–Crippen MR) is 239 cm³/mol. The van der Waals surface area contributed by atoms with Crippen LogP contribution in [0.25, 0.3) is 32.3 Å². The molecule has 8 aromatic rings. The molecule has 0 aromatic heterocycles. The van der Waals surface area contributed by atoms with Crippen LogP contribution in [0.4, 0.5) is 28.4 Å². The van der Waals surface area contributed by atoms with E-state index in [4.69, 9.17) is 0 Å². The molecule has 55 heavy (non-hydrogen) atoms. The normalized spacial score (nSPS) is 12.0. The fourth-order valence-electron chi connectivity index (χ4n) is 8.73. The molecule has 274 valence electrons. The van der Waals surface area contributed by atoms with Crippen molar-refractivity contribution in [2.75, 3.05) is 9.80 Å². The van der Waals surface area contributed by atoms with Gasteiger partial charge in [0.15, 0.2) is 0 Å². The third-order valence-electron chi connectivity index (χ3n) is 12.6. The molecule has 0 spiro atoms. The molecular formula is C53H52N2. The second-order valence-electron chi connectivity index (χ2n) is 15.4. The van der Waals surface area contributed by atoms with Gasteiger partial charge in [-0.3, -0.25) is 0 Å². The number of hydrogen-bond acceptors (Lipinski definition) is 2. The summed E-state index contributed by atoms with van der Waals surface area (Å²) in [5.41, 5.74) is 8.44. The smallest absolute Gasteiger partial charge is 0.0697 e. The van der Waals surface area contributed by atoms with Crippen molar-refractivity contribution in [3.05, 3.63) is 187 Å². The SMILES string of the molecule is CCC(C)(CC)c1ccc(C(CC)(CC)N(c2ccc(N(c3ccc4ccccc4c3)c3ccc4ccccc4c3)cc2)c2ccc3ccccc3c2)cc1. The third-order valence-corrected chi connectivity index (χ3v) is 12.6. The Morgan fingerprint density at radius 2 is 0.709 bits per heavy atom. The summed E-state index contributed by atoms with van der Waals surface area (Å²) in [5, 5.41) is 7.43.